The van der Waals surface area contributed by atoms with Gasteiger partial charge in [0, 0.05) is 12.3 Å². The summed E-state index contributed by atoms with van der Waals surface area (Å²) in [5, 5.41) is 9.70. The maximum Gasteiger partial charge on any atom is 0.163 e. The van der Waals surface area contributed by atoms with E-state index in [1.54, 1.807) is 0 Å². The van der Waals surface area contributed by atoms with Crippen molar-refractivity contribution in [1.82, 2.24) is 0 Å². The van der Waals surface area contributed by atoms with Gasteiger partial charge in [0.25, 0.3) is 0 Å². The van der Waals surface area contributed by atoms with Gasteiger partial charge >= 0.3 is 0 Å². The molecule has 80 valence electrons. The van der Waals surface area contributed by atoms with Gasteiger partial charge in [0.2, 0.25) is 0 Å². The molecule has 0 aromatic heterocycles. The van der Waals surface area contributed by atoms with Gasteiger partial charge < -0.3 is 14.6 Å². The van der Waals surface area contributed by atoms with Crippen molar-refractivity contribution >= 4 is 0 Å². The van der Waals surface area contributed by atoms with Crippen LogP contribution in [0.25, 0.3) is 0 Å². The fourth-order valence-electron chi connectivity index (χ4n) is 2.12. The predicted molar refractivity (Wildman–Crippen MR) is 52.8 cm³/mol. The third kappa shape index (κ3) is 1.85. The molecule has 3 heteroatoms. The van der Waals surface area contributed by atoms with Crippen molar-refractivity contribution in [2.75, 3.05) is 6.61 Å². The van der Waals surface area contributed by atoms with Crippen LogP contribution in [0.5, 0.6) is 0 Å². The van der Waals surface area contributed by atoms with E-state index >= 15 is 0 Å². The fourth-order valence-corrected chi connectivity index (χ4v) is 2.12. The summed E-state index contributed by atoms with van der Waals surface area (Å²) in [6, 6.07) is 0. The molecule has 2 aliphatic rings. The highest BCUT2D eigenvalue weighted by molar-refractivity contribution is 5.14. The van der Waals surface area contributed by atoms with E-state index in [-0.39, 0.29) is 12.2 Å². The Kier molecular flexibility index (Phi) is 2.41. The molecule has 0 spiro atoms. The van der Waals surface area contributed by atoms with Crippen LogP contribution in [-0.4, -0.2) is 29.7 Å². The minimum Gasteiger partial charge on any atom is -0.389 e. The summed E-state index contributed by atoms with van der Waals surface area (Å²) in [7, 11) is 0. The van der Waals surface area contributed by atoms with Crippen molar-refractivity contribution in [3.63, 3.8) is 0 Å². The van der Waals surface area contributed by atoms with Crippen molar-refractivity contribution in [3.05, 3.63) is 11.6 Å². The molecular weight excluding hydrogens is 180 g/mol. The summed E-state index contributed by atoms with van der Waals surface area (Å²) in [5.41, 5.74) is 1.04. The van der Waals surface area contributed by atoms with Crippen LogP contribution in [0.3, 0.4) is 0 Å². The highest BCUT2D eigenvalue weighted by atomic mass is 16.7. The summed E-state index contributed by atoms with van der Waals surface area (Å²) in [6.07, 6.45) is 2.54. The Morgan fingerprint density at radius 1 is 1.50 bits per heavy atom. The molecule has 0 amide bonds. The number of hydrogen-bond donors (Lipinski definition) is 1. The summed E-state index contributed by atoms with van der Waals surface area (Å²) in [5.74, 6) is -0.189. The fraction of sp³-hybridized carbons (Fsp3) is 0.818. The molecule has 3 unspecified atom stereocenters. The number of hydrogen-bond acceptors (Lipinski definition) is 3. The third-order valence-corrected chi connectivity index (χ3v) is 2.99. The van der Waals surface area contributed by atoms with Crippen LogP contribution >= 0.6 is 0 Å². The SMILES string of the molecule is CC1=CC2COC(C)(C)OC2CC1O. The maximum absolute atomic E-state index is 9.70. The van der Waals surface area contributed by atoms with E-state index in [1.165, 1.54) is 0 Å². The van der Waals surface area contributed by atoms with Crippen LogP contribution in [0.4, 0.5) is 0 Å². The maximum atomic E-state index is 9.70. The lowest BCUT2D eigenvalue weighted by atomic mass is 9.86. The van der Waals surface area contributed by atoms with Crippen LogP contribution in [0.2, 0.25) is 0 Å². The smallest absolute Gasteiger partial charge is 0.163 e. The van der Waals surface area contributed by atoms with Gasteiger partial charge in [-0.2, -0.15) is 0 Å². The number of fused-ring (bicyclic) bond motifs is 1. The highest BCUT2D eigenvalue weighted by Crippen LogP contribution is 2.34. The summed E-state index contributed by atoms with van der Waals surface area (Å²) in [4.78, 5) is 0. The summed E-state index contributed by atoms with van der Waals surface area (Å²) < 4.78 is 11.3. The Morgan fingerprint density at radius 2 is 2.21 bits per heavy atom. The number of ether oxygens (including phenoxy) is 2. The first-order valence-electron chi connectivity index (χ1n) is 5.16. The number of aliphatic hydroxyl groups excluding tert-OH is 1. The average molecular weight is 198 g/mol. The molecule has 14 heavy (non-hydrogen) atoms. The topological polar surface area (TPSA) is 38.7 Å². The van der Waals surface area contributed by atoms with Crippen LogP contribution in [0.1, 0.15) is 27.2 Å². The zero-order chi connectivity index (χ0) is 10.3. The lowest BCUT2D eigenvalue weighted by Gasteiger charge is -2.43. The predicted octanol–water partition coefficient (Wildman–Crippen LogP) is 1.46. The molecule has 0 radical (unpaired) electrons. The van der Waals surface area contributed by atoms with Crippen molar-refractivity contribution in [2.24, 2.45) is 5.92 Å². The van der Waals surface area contributed by atoms with Crippen LogP contribution in [0.15, 0.2) is 11.6 Å². The van der Waals surface area contributed by atoms with Gasteiger partial charge in [0.15, 0.2) is 5.79 Å². The standard InChI is InChI=1S/C11H18O3/c1-7-4-8-6-13-11(2,3)14-10(8)5-9(7)12/h4,8-10,12H,5-6H2,1-3H3. The Bertz CT molecular complexity index is 257. The normalized spacial score (nSPS) is 41.4. The number of aliphatic hydroxyl groups is 1. The van der Waals surface area contributed by atoms with Gasteiger partial charge in [-0.25, -0.2) is 0 Å². The molecule has 1 aliphatic carbocycles. The minimum atomic E-state index is -0.500. The molecule has 1 heterocycles. The molecule has 0 aromatic carbocycles. The Labute approximate surface area is 84.7 Å². The van der Waals surface area contributed by atoms with Gasteiger partial charge in [0.1, 0.15) is 0 Å². The van der Waals surface area contributed by atoms with Gasteiger partial charge in [-0.3, -0.25) is 0 Å². The second kappa shape index (κ2) is 3.33. The molecule has 0 aromatic rings. The molecular formula is C11H18O3. The van der Waals surface area contributed by atoms with E-state index in [2.05, 4.69) is 6.08 Å². The molecule has 1 aliphatic heterocycles. The zero-order valence-electron chi connectivity index (χ0n) is 8.99. The largest absolute Gasteiger partial charge is 0.389 e. The third-order valence-electron chi connectivity index (χ3n) is 2.99. The van der Waals surface area contributed by atoms with Gasteiger partial charge in [-0.05, 0) is 26.3 Å². The van der Waals surface area contributed by atoms with Crippen molar-refractivity contribution in [2.45, 2.75) is 45.2 Å². The molecule has 1 N–H and O–H groups in total. The first-order chi connectivity index (χ1) is 6.48. The summed E-state index contributed by atoms with van der Waals surface area (Å²) >= 11 is 0. The second-order valence-corrected chi connectivity index (χ2v) is 4.69. The van der Waals surface area contributed by atoms with E-state index < -0.39 is 5.79 Å². The monoisotopic (exact) mass is 198 g/mol. The highest BCUT2D eigenvalue weighted by Gasteiger charge is 2.38. The van der Waals surface area contributed by atoms with Crippen molar-refractivity contribution in [3.8, 4) is 0 Å². The van der Waals surface area contributed by atoms with Gasteiger partial charge in [0.05, 0.1) is 18.8 Å². The molecule has 0 bridgehead atoms. The van der Waals surface area contributed by atoms with Crippen molar-refractivity contribution < 1.29 is 14.6 Å². The Balaban J connectivity index is 2.13. The molecule has 1 saturated heterocycles. The van der Waals surface area contributed by atoms with E-state index in [0.29, 0.717) is 18.9 Å². The second-order valence-electron chi connectivity index (χ2n) is 4.69. The Morgan fingerprint density at radius 3 is 2.93 bits per heavy atom. The van der Waals surface area contributed by atoms with Gasteiger partial charge in [-0.15, -0.1) is 0 Å². The van der Waals surface area contributed by atoms with Crippen LogP contribution < -0.4 is 0 Å². The van der Waals surface area contributed by atoms with Crippen LogP contribution in [-0.2, 0) is 9.47 Å². The first kappa shape index (κ1) is 10.1. The van der Waals surface area contributed by atoms with Gasteiger partial charge in [-0.1, -0.05) is 6.08 Å². The molecule has 0 saturated carbocycles. The van der Waals surface area contributed by atoms with E-state index in [9.17, 15) is 5.11 Å². The zero-order valence-corrected chi connectivity index (χ0v) is 8.99. The van der Waals surface area contributed by atoms with Crippen LogP contribution in [0, 0.1) is 5.92 Å². The van der Waals surface area contributed by atoms with E-state index in [0.717, 1.165) is 5.57 Å². The molecule has 3 nitrogen and oxygen atoms in total. The lowest BCUT2D eigenvalue weighted by molar-refractivity contribution is -0.291. The molecule has 3 atom stereocenters. The molecule has 1 fully saturated rings. The summed E-state index contributed by atoms with van der Waals surface area (Å²) in [6.45, 7) is 6.49. The van der Waals surface area contributed by atoms with E-state index in [1.807, 2.05) is 20.8 Å². The van der Waals surface area contributed by atoms with E-state index in [4.69, 9.17) is 9.47 Å². The first-order valence-corrected chi connectivity index (χ1v) is 5.16. The molecule has 2 rings (SSSR count). The minimum absolute atomic E-state index is 0.109. The average Bonchev–Trinajstić information content (AvgIpc) is 2.07. The quantitative estimate of drug-likeness (QED) is 0.599. The lowest BCUT2D eigenvalue weighted by Crippen LogP contribution is -2.48. The van der Waals surface area contributed by atoms with Crippen molar-refractivity contribution in [1.29, 1.82) is 0 Å². The Hall–Kier alpha value is -0.380. The number of rotatable bonds is 0.